The summed E-state index contributed by atoms with van der Waals surface area (Å²) in [5, 5.41) is 6.14. The fraction of sp³-hybridized carbons (Fsp3) is 0.100. The number of rotatable bonds is 5. The second-order valence-corrected chi connectivity index (χ2v) is 6.65. The van der Waals surface area contributed by atoms with Crippen LogP contribution in [0.1, 0.15) is 21.5 Å². The van der Waals surface area contributed by atoms with Gasteiger partial charge >= 0.3 is 0 Å². The highest BCUT2D eigenvalue weighted by Gasteiger charge is 2.07. The number of carbonyl (C=O) groups excluding carboxylic acids is 1. The number of pyridine rings is 1. The van der Waals surface area contributed by atoms with E-state index < -0.39 is 0 Å². The summed E-state index contributed by atoms with van der Waals surface area (Å²) in [6, 6.07) is 19.3. The zero-order valence-electron chi connectivity index (χ0n) is 13.8. The monoisotopic (exact) mass is 395 g/mol. The third-order valence-corrected chi connectivity index (χ3v) is 4.15. The van der Waals surface area contributed by atoms with Crippen molar-refractivity contribution < 1.29 is 4.79 Å². The van der Waals surface area contributed by atoms with E-state index in [1.54, 1.807) is 18.3 Å². The topological polar surface area (TPSA) is 54.0 Å². The minimum Gasteiger partial charge on any atom is -0.348 e. The first-order chi connectivity index (χ1) is 12.1. The number of anilines is 2. The van der Waals surface area contributed by atoms with E-state index >= 15 is 0 Å². The molecular weight excluding hydrogens is 378 g/mol. The molecule has 0 saturated carbocycles. The molecule has 5 heteroatoms. The average molecular weight is 396 g/mol. The quantitative estimate of drug-likeness (QED) is 0.650. The standard InChI is InChI=1S/C20H18BrN3O/c1-14-4-2-5-15(10-14)13-23-20(25)16-8-9-22-19(11-16)24-18-7-3-6-17(21)12-18/h2-12H,13H2,1H3,(H,22,24)(H,23,25). The number of nitrogens with one attached hydrogen (secondary N) is 2. The van der Waals surface area contributed by atoms with E-state index in [1.807, 2.05) is 49.4 Å². The fourth-order valence-corrected chi connectivity index (χ4v) is 2.86. The molecule has 0 aliphatic heterocycles. The molecule has 0 atom stereocenters. The SMILES string of the molecule is Cc1cccc(CNC(=O)c2ccnc(Nc3cccc(Br)c3)c2)c1. The molecule has 3 aromatic rings. The van der Waals surface area contributed by atoms with Crippen molar-refractivity contribution in [2.45, 2.75) is 13.5 Å². The van der Waals surface area contributed by atoms with Gasteiger partial charge in [-0.1, -0.05) is 51.8 Å². The molecule has 0 bridgehead atoms. The lowest BCUT2D eigenvalue weighted by atomic mass is 10.1. The van der Waals surface area contributed by atoms with E-state index in [2.05, 4.69) is 37.6 Å². The van der Waals surface area contributed by atoms with Crippen LogP contribution in [0.4, 0.5) is 11.5 Å². The van der Waals surface area contributed by atoms with Crippen LogP contribution in [0.5, 0.6) is 0 Å². The summed E-state index contributed by atoms with van der Waals surface area (Å²) >= 11 is 3.44. The second-order valence-electron chi connectivity index (χ2n) is 5.74. The number of amides is 1. The summed E-state index contributed by atoms with van der Waals surface area (Å²) in [6.07, 6.45) is 1.63. The van der Waals surface area contributed by atoms with Gasteiger partial charge < -0.3 is 10.6 Å². The van der Waals surface area contributed by atoms with Crippen LogP contribution in [-0.4, -0.2) is 10.9 Å². The number of nitrogens with zero attached hydrogens (tertiary/aromatic N) is 1. The van der Waals surface area contributed by atoms with Gasteiger partial charge in [0.25, 0.3) is 5.91 Å². The van der Waals surface area contributed by atoms with Crippen molar-refractivity contribution in [1.29, 1.82) is 0 Å². The number of aryl methyl sites for hydroxylation is 1. The van der Waals surface area contributed by atoms with Crippen molar-refractivity contribution in [3.8, 4) is 0 Å². The molecule has 0 radical (unpaired) electrons. The molecule has 3 rings (SSSR count). The molecule has 1 heterocycles. The van der Waals surface area contributed by atoms with Crippen LogP contribution in [0.2, 0.25) is 0 Å². The molecule has 0 aliphatic carbocycles. The molecule has 25 heavy (non-hydrogen) atoms. The van der Waals surface area contributed by atoms with Gasteiger partial charge in [0.15, 0.2) is 0 Å². The van der Waals surface area contributed by atoms with Crippen LogP contribution >= 0.6 is 15.9 Å². The maximum absolute atomic E-state index is 12.4. The maximum atomic E-state index is 12.4. The Balaban J connectivity index is 1.67. The normalized spacial score (nSPS) is 10.3. The van der Waals surface area contributed by atoms with Crippen LogP contribution in [-0.2, 0) is 6.54 Å². The van der Waals surface area contributed by atoms with E-state index in [1.165, 1.54) is 5.56 Å². The Bertz CT molecular complexity index is 895. The first-order valence-corrected chi connectivity index (χ1v) is 8.72. The Morgan fingerprint density at radius 2 is 1.92 bits per heavy atom. The summed E-state index contributed by atoms with van der Waals surface area (Å²) in [4.78, 5) is 16.7. The van der Waals surface area contributed by atoms with Crippen molar-refractivity contribution in [3.63, 3.8) is 0 Å². The molecule has 0 unspecified atom stereocenters. The van der Waals surface area contributed by atoms with Gasteiger partial charge in [-0.25, -0.2) is 4.98 Å². The predicted molar refractivity (Wildman–Crippen MR) is 104 cm³/mol. The molecule has 4 nitrogen and oxygen atoms in total. The Kier molecular flexibility index (Phi) is 5.46. The smallest absolute Gasteiger partial charge is 0.251 e. The van der Waals surface area contributed by atoms with E-state index in [0.717, 1.165) is 15.7 Å². The van der Waals surface area contributed by atoms with Crippen molar-refractivity contribution in [2.24, 2.45) is 0 Å². The molecular formula is C20H18BrN3O. The lowest BCUT2D eigenvalue weighted by Crippen LogP contribution is -2.22. The minimum atomic E-state index is -0.124. The van der Waals surface area contributed by atoms with Crippen molar-refractivity contribution >= 4 is 33.3 Å². The number of aromatic nitrogens is 1. The Morgan fingerprint density at radius 1 is 1.08 bits per heavy atom. The number of halogens is 1. The van der Waals surface area contributed by atoms with Crippen LogP contribution in [0.3, 0.4) is 0 Å². The summed E-state index contributed by atoms with van der Waals surface area (Å²) < 4.78 is 0.976. The van der Waals surface area contributed by atoms with Gasteiger partial charge in [-0.3, -0.25) is 4.79 Å². The summed E-state index contributed by atoms with van der Waals surface area (Å²) in [6.45, 7) is 2.53. The van der Waals surface area contributed by atoms with Crippen molar-refractivity contribution in [3.05, 3.63) is 88.0 Å². The van der Waals surface area contributed by atoms with Gasteiger partial charge in [-0.15, -0.1) is 0 Å². The van der Waals surface area contributed by atoms with Gasteiger partial charge in [0.2, 0.25) is 0 Å². The fourth-order valence-electron chi connectivity index (χ4n) is 2.46. The van der Waals surface area contributed by atoms with Gasteiger partial charge in [0.1, 0.15) is 5.82 Å². The molecule has 0 fully saturated rings. The Hall–Kier alpha value is -2.66. The largest absolute Gasteiger partial charge is 0.348 e. The predicted octanol–water partition coefficient (Wildman–Crippen LogP) is 4.83. The lowest BCUT2D eigenvalue weighted by molar-refractivity contribution is 0.0951. The van der Waals surface area contributed by atoms with Crippen molar-refractivity contribution in [1.82, 2.24) is 10.3 Å². The third kappa shape index (κ3) is 4.90. The van der Waals surface area contributed by atoms with Gasteiger partial charge in [-0.2, -0.15) is 0 Å². The molecule has 1 aromatic heterocycles. The average Bonchev–Trinajstić information content (AvgIpc) is 2.60. The number of carbonyl (C=O) groups is 1. The van der Waals surface area contributed by atoms with Crippen LogP contribution in [0.25, 0.3) is 0 Å². The highest BCUT2D eigenvalue weighted by molar-refractivity contribution is 9.10. The molecule has 0 saturated heterocycles. The zero-order chi connectivity index (χ0) is 17.6. The van der Waals surface area contributed by atoms with Gasteiger partial charge in [0.05, 0.1) is 0 Å². The Labute approximate surface area is 155 Å². The highest BCUT2D eigenvalue weighted by atomic mass is 79.9. The Morgan fingerprint density at radius 3 is 2.72 bits per heavy atom. The molecule has 1 amide bonds. The summed E-state index contributed by atoms with van der Waals surface area (Å²) in [5.41, 5.74) is 3.73. The minimum absolute atomic E-state index is 0.124. The van der Waals surface area contributed by atoms with Crippen molar-refractivity contribution in [2.75, 3.05) is 5.32 Å². The van der Waals surface area contributed by atoms with Crippen LogP contribution in [0.15, 0.2) is 71.3 Å². The first kappa shape index (κ1) is 17.2. The summed E-state index contributed by atoms with van der Waals surface area (Å²) in [5.74, 6) is 0.502. The van der Waals surface area contributed by atoms with E-state index in [9.17, 15) is 4.79 Å². The first-order valence-electron chi connectivity index (χ1n) is 7.92. The van der Waals surface area contributed by atoms with Gasteiger partial charge in [-0.05, 0) is 42.8 Å². The molecule has 126 valence electrons. The highest BCUT2D eigenvalue weighted by Crippen LogP contribution is 2.19. The molecule has 0 spiro atoms. The lowest BCUT2D eigenvalue weighted by Gasteiger charge is -2.09. The van der Waals surface area contributed by atoms with E-state index in [-0.39, 0.29) is 5.91 Å². The number of hydrogen-bond acceptors (Lipinski definition) is 3. The molecule has 2 N–H and O–H groups in total. The number of hydrogen-bond donors (Lipinski definition) is 2. The maximum Gasteiger partial charge on any atom is 0.251 e. The molecule has 2 aromatic carbocycles. The van der Waals surface area contributed by atoms with Crippen LogP contribution < -0.4 is 10.6 Å². The summed E-state index contributed by atoms with van der Waals surface area (Å²) in [7, 11) is 0. The van der Waals surface area contributed by atoms with Gasteiger partial charge in [0, 0.05) is 28.5 Å². The molecule has 0 aliphatic rings. The zero-order valence-corrected chi connectivity index (χ0v) is 15.4. The number of benzene rings is 2. The van der Waals surface area contributed by atoms with E-state index in [0.29, 0.717) is 17.9 Å². The third-order valence-electron chi connectivity index (χ3n) is 3.65. The second kappa shape index (κ2) is 7.94. The van der Waals surface area contributed by atoms with E-state index in [4.69, 9.17) is 0 Å². The van der Waals surface area contributed by atoms with Crippen LogP contribution in [0, 0.1) is 6.92 Å².